The van der Waals surface area contributed by atoms with Gasteiger partial charge in [-0.3, -0.25) is 4.79 Å². The van der Waals surface area contributed by atoms with E-state index in [-0.39, 0.29) is 5.97 Å². The summed E-state index contributed by atoms with van der Waals surface area (Å²) in [5.74, 6) is 0.457. The molecular weight excluding hydrogens is 350 g/mol. The second-order valence-corrected chi connectivity index (χ2v) is 6.55. The molecule has 1 heterocycles. The first-order valence-corrected chi connectivity index (χ1v) is 9.59. The Labute approximate surface area is 166 Å². The van der Waals surface area contributed by atoms with E-state index in [9.17, 15) is 4.79 Å². The van der Waals surface area contributed by atoms with Gasteiger partial charge < -0.3 is 9.47 Å². The number of pyridine rings is 1. The van der Waals surface area contributed by atoms with Crippen LogP contribution < -0.4 is 4.74 Å². The third-order valence-corrected chi connectivity index (χ3v) is 4.48. The average molecular weight is 375 g/mol. The number of methoxy groups -OCH3 is 1. The molecule has 0 spiro atoms. The Balaban J connectivity index is 1.70. The Morgan fingerprint density at radius 1 is 0.821 bits per heavy atom. The minimum absolute atomic E-state index is 0.161. The van der Waals surface area contributed by atoms with Crippen molar-refractivity contribution in [2.24, 2.45) is 0 Å². The van der Waals surface area contributed by atoms with Crippen LogP contribution in [-0.2, 0) is 9.53 Å². The molecule has 28 heavy (non-hydrogen) atoms. The lowest BCUT2D eigenvalue weighted by molar-refractivity contribution is -0.140. The maximum atomic E-state index is 11.1. The predicted octanol–water partition coefficient (Wildman–Crippen LogP) is 5.53. The van der Waals surface area contributed by atoms with Gasteiger partial charge in [-0.15, -0.1) is 0 Å². The highest BCUT2D eigenvalue weighted by molar-refractivity contribution is 5.71. The van der Waals surface area contributed by atoms with E-state index in [1.165, 1.54) is 7.11 Å². The largest absolute Gasteiger partial charge is 0.478 e. The van der Waals surface area contributed by atoms with E-state index in [2.05, 4.69) is 22.9 Å². The first-order chi connectivity index (χ1) is 13.8. The Hall–Kier alpha value is -3.14. The number of benzene rings is 2. The van der Waals surface area contributed by atoms with Crippen LogP contribution in [0.15, 0.2) is 72.8 Å². The van der Waals surface area contributed by atoms with Crippen molar-refractivity contribution in [3.63, 3.8) is 0 Å². The maximum absolute atomic E-state index is 11.1. The molecule has 0 aliphatic rings. The van der Waals surface area contributed by atoms with Crippen molar-refractivity contribution in [2.75, 3.05) is 13.7 Å². The molecule has 0 bridgehead atoms. The molecule has 0 aliphatic carbocycles. The monoisotopic (exact) mass is 375 g/mol. The van der Waals surface area contributed by atoms with E-state index >= 15 is 0 Å². The van der Waals surface area contributed by atoms with Crippen molar-refractivity contribution >= 4 is 5.97 Å². The van der Waals surface area contributed by atoms with Gasteiger partial charge in [0.15, 0.2) is 0 Å². The van der Waals surface area contributed by atoms with Crippen LogP contribution in [0.3, 0.4) is 0 Å². The van der Waals surface area contributed by atoms with Crippen LogP contribution >= 0.6 is 0 Å². The molecule has 0 saturated heterocycles. The van der Waals surface area contributed by atoms with Crippen LogP contribution in [0.1, 0.15) is 25.7 Å². The lowest BCUT2D eigenvalue weighted by atomic mass is 10.0. The molecule has 1 aromatic heterocycles. The van der Waals surface area contributed by atoms with E-state index < -0.39 is 0 Å². The first-order valence-electron chi connectivity index (χ1n) is 9.59. The van der Waals surface area contributed by atoms with Gasteiger partial charge in [-0.1, -0.05) is 60.7 Å². The molecule has 0 N–H and O–H groups in total. The molecule has 3 aromatic rings. The van der Waals surface area contributed by atoms with Crippen LogP contribution in [-0.4, -0.2) is 24.7 Å². The van der Waals surface area contributed by atoms with Gasteiger partial charge in [-0.25, -0.2) is 4.98 Å². The lowest BCUT2D eigenvalue weighted by Crippen LogP contribution is -2.02. The molecule has 0 atom stereocenters. The molecule has 0 radical (unpaired) electrons. The molecule has 0 fully saturated rings. The minimum Gasteiger partial charge on any atom is -0.478 e. The Morgan fingerprint density at radius 3 is 2.18 bits per heavy atom. The van der Waals surface area contributed by atoms with Gasteiger partial charge >= 0.3 is 5.97 Å². The average Bonchev–Trinajstić information content (AvgIpc) is 2.77. The van der Waals surface area contributed by atoms with E-state index in [1.807, 2.05) is 54.6 Å². The smallest absolute Gasteiger partial charge is 0.305 e. The van der Waals surface area contributed by atoms with Gasteiger partial charge in [0.1, 0.15) is 0 Å². The van der Waals surface area contributed by atoms with E-state index in [0.717, 1.165) is 41.6 Å². The van der Waals surface area contributed by atoms with Crippen molar-refractivity contribution in [3.05, 3.63) is 72.8 Å². The number of ether oxygens (including phenoxy) is 2. The summed E-state index contributed by atoms with van der Waals surface area (Å²) in [6, 6.07) is 24.4. The highest BCUT2D eigenvalue weighted by Crippen LogP contribution is 2.28. The maximum Gasteiger partial charge on any atom is 0.305 e. The summed E-state index contributed by atoms with van der Waals surface area (Å²) in [5.41, 5.74) is 4.16. The fourth-order valence-electron chi connectivity index (χ4n) is 2.96. The molecule has 0 amide bonds. The highest BCUT2D eigenvalue weighted by Gasteiger charge is 2.08. The summed E-state index contributed by atoms with van der Waals surface area (Å²) < 4.78 is 10.6. The number of carbonyl (C=O) groups is 1. The molecular formula is C24H25NO3. The molecule has 3 rings (SSSR count). The summed E-state index contributed by atoms with van der Waals surface area (Å²) >= 11 is 0. The van der Waals surface area contributed by atoms with Gasteiger partial charge in [0.2, 0.25) is 5.88 Å². The fraction of sp³-hybridized carbons (Fsp3) is 0.250. The van der Waals surface area contributed by atoms with Crippen LogP contribution in [0, 0.1) is 0 Å². The second kappa shape index (κ2) is 10.3. The van der Waals surface area contributed by atoms with Crippen molar-refractivity contribution < 1.29 is 14.3 Å². The van der Waals surface area contributed by atoms with Crippen LogP contribution in [0.5, 0.6) is 5.88 Å². The second-order valence-electron chi connectivity index (χ2n) is 6.55. The summed E-state index contributed by atoms with van der Waals surface area (Å²) in [6.45, 7) is 0.570. The third-order valence-electron chi connectivity index (χ3n) is 4.48. The number of hydrogen-bond acceptors (Lipinski definition) is 4. The van der Waals surface area contributed by atoms with Gasteiger partial charge in [-0.2, -0.15) is 0 Å². The molecule has 0 aliphatic heterocycles. The number of esters is 1. The summed E-state index contributed by atoms with van der Waals surface area (Å²) in [5, 5.41) is 0. The zero-order chi connectivity index (χ0) is 19.6. The van der Waals surface area contributed by atoms with Crippen molar-refractivity contribution in [3.8, 4) is 28.3 Å². The minimum atomic E-state index is -0.161. The number of hydrogen-bond donors (Lipinski definition) is 0. The van der Waals surface area contributed by atoms with Gasteiger partial charge in [0.25, 0.3) is 0 Å². The molecule has 2 aromatic carbocycles. The van der Waals surface area contributed by atoms with Crippen molar-refractivity contribution in [1.82, 2.24) is 4.98 Å². The Morgan fingerprint density at radius 2 is 1.50 bits per heavy atom. The van der Waals surface area contributed by atoms with E-state index in [0.29, 0.717) is 18.9 Å². The summed E-state index contributed by atoms with van der Waals surface area (Å²) in [7, 11) is 1.42. The summed E-state index contributed by atoms with van der Waals surface area (Å²) in [4.78, 5) is 15.8. The number of nitrogens with zero attached hydrogens (tertiary/aromatic N) is 1. The fourth-order valence-corrected chi connectivity index (χ4v) is 2.96. The van der Waals surface area contributed by atoms with Gasteiger partial charge in [0.05, 0.1) is 19.4 Å². The zero-order valence-electron chi connectivity index (χ0n) is 16.1. The van der Waals surface area contributed by atoms with Crippen molar-refractivity contribution in [2.45, 2.75) is 25.7 Å². The molecule has 4 nitrogen and oxygen atoms in total. The number of carbonyl (C=O) groups excluding carboxylic acids is 1. The van der Waals surface area contributed by atoms with Crippen LogP contribution in [0.4, 0.5) is 0 Å². The standard InChI is InChI=1S/C24H25NO3/c1-27-24(26)15-9-4-10-16-28-23-18-21(19-11-5-2-6-12-19)17-22(25-23)20-13-7-3-8-14-20/h2-3,5-8,11-14,17-18H,4,9-10,15-16H2,1H3. The third kappa shape index (κ3) is 5.68. The summed E-state index contributed by atoms with van der Waals surface area (Å²) in [6.07, 6.45) is 3.05. The predicted molar refractivity (Wildman–Crippen MR) is 111 cm³/mol. The van der Waals surface area contributed by atoms with Gasteiger partial charge in [-0.05, 0) is 36.5 Å². The number of rotatable bonds is 9. The zero-order valence-corrected chi connectivity index (χ0v) is 16.1. The van der Waals surface area contributed by atoms with Crippen LogP contribution in [0.25, 0.3) is 22.4 Å². The highest BCUT2D eigenvalue weighted by atomic mass is 16.5. The van der Waals surface area contributed by atoms with Crippen LogP contribution in [0.2, 0.25) is 0 Å². The number of aromatic nitrogens is 1. The SMILES string of the molecule is COC(=O)CCCCCOc1cc(-c2ccccc2)cc(-c2ccccc2)n1. The molecule has 144 valence electrons. The van der Waals surface area contributed by atoms with Crippen molar-refractivity contribution in [1.29, 1.82) is 0 Å². The Bertz CT molecular complexity index is 821. The molecule has 0 unspecified atom stereocenters. The topological polar surface area (TPSA) is 48.4 Å². The quantitative estimate of drug-likeness (QED) is 0.364. The van der Waals surface area contributed by atoms with Gasteiger partial charge in [0, 0.05) is 18.1 Å². The van der Waals surface area contributed by atoms with E-state index in [4.69, 9.17) is 9.72 Å². The molecule has 0 saturated carbocycles. The molecule has 4 heteroatoms. The lowest BCUT2D eigenvalue weighted by Gasteiger charge is -2.11. The first kappa shape index (κ1) is 19.6. The van der Waals surface area contributed by atoms with E-state index in [1.54, 1.807) is 0 Å². The number of unbranched alkanes of at least 4 members (excludes halogenated alkanes) is 2. The Kier molecular flexibility index (Phi) is 7.19. The normalized spacial score (nSPS) is 10.5.